The highest BCUT2D eigenvalue weighted by Crippen LogP contribution is 2.04. The molecule has 2 heterocycles. The van der Waals surface area contributed by atoms with E-state index in [1.807, 2.05) is 35.1 Å². The van der Waals surface area contributed by atoms with Gasteiger partial charge in [-0.1, -0.05) is 30.3 Å². The van der Waals surface area contributed by atoms with Gasteiger partial charge in [-0.15, -0.1) is 0 Å². The minimum atomic E-state index is 0.729. The smallest absolute Gasteiger partial charge is 0.115 e. The fourth-order valence-corrected chi connectivity index (χ4v) is 2.11. The summed E-state index contributed by atoms with van der Waals surface area (Å²) in [6, 6.07) is 12.2. The van der Waals surface area contributed by atoms with E-state index >= 15 is 0 Å². The van der Waals surface area contributed by atoms with Crippen LogP contribution >= 0.6 is 0 Å². The second-order valence-electron chi connectivity index (χ2n) is 4.84. The van der Waals surface area contributed by atoms with E-state index in [2.05, 4.69) is 38.7 Å². The third-order valence-electron chi connectivity index (χ3n) is 3.15. The molecule has 0 spiro atoms. The molecule has 1 aromatic carbocycles. The van der Waals surface area contributed by atoms with Crippen molar-refractivity contribution in [2.45, 2.75) is 19.6 Å². The van der Waals surface area contributed by atoms with Gasteiger partial charge in [0.2, 0.25) is 0 Å². The molecule has 0 saturated carbocycles. The Morgan fingerprint density at radius 2 is 1.90 bits per heavy atom. The number of aromatic nitrogens is 4. The first kappa shape index (κ1) is 13.5. The van der Waals surface area contributed by atoms with Gasteiger partial charge in [0.15, 0.2) is 0 Å². The Balaban J connectivity index is 1.51. The standard InChI is InChI=1S/C16H17N5/c1-2-4-14(5-3-1)11-21-12-15(9-20-21)8-18-10-16-6-7-17-13-19-16/h1-7,9,12-13,18H,8,10-11H2. The Kier molecular flexibility index (Phi) is 4.33. The summed E-state index contributed by atoms with van der Waals surface area (Å²) < 4.78 is 1.96. The zero-order valence-electron chi connectivity index (χ0n) is 11.7. The molecule has 0 amide bonds. The fourth-order valence-electron chi connectivity index (χ4n) is 2.11. The maximum absolute atomic E-state index is 4.39. The summed E-state index contributed by atoms with van der Waals surface area (Å²) in [7, 11) is 0. The maximum Gasteiger partial charge on any atom is 0.115 e. The quantitative estimate of drug-likeness (QED) is 0.750. The molecule has 0 bridgehead atoms. The van der Waals surface area contributed by atoms with Crippen LogP contribution in [-0.2, 0) is 19.6 Å². The van der Waals surface area contributed by atoms with Crippen molar-refractivity contribution in [3.63, 3.8) is 0 Å². The molecule has 0 aliphatic carbocycles. The molecule has 1 N–H and O–H groups in total. The number of hydrogen-bond donors (Lipinski definition) is 1. The highest BCUT2D eigenvalue weighted by molar-refractivity contribution is 5.15. The lowest BCUT2D eigenvalue weighted by atomic mass is 10.2. The third kappa shape index (κ3) is 3.97. The number of nitrogens with zero attached hydrogens (tertiary/aromatic N) is 4. The van der Waals surface area contributed by atoms with Crippen LogP contribution in [-0.4, -0.2) is 19.7 Å². The van der Waals surface area contributed by atoms with Crippen molar-refractivity contribution < 1.29 is 0 Å². The lowest BCUT2D eigenvalue weighted by molar-refractivity contribution is 0.670. The Bertz CT molecular complexity index is 663. The Hall–Kier alpha value is -2.53. The molecule has 21 heavy (non-hydrogen) atoms. The van der Waals surface area contributed by atoms with Crippen molar-refractivity contribution in [1.82, 2.24) is 25.1 Å². The minimum absolute atomic E-state index is 0.729. The van der Waals surface area contributed by atoms with E-state index in [9.17, 15) is 0 Å². The third-order valence-corrected chi connectivity index (χ3v) is 3.15. The Morgan fingerprint density at radius 3 is 2.71 bits per heavy atom. The average molecular weight is 279 g/mol. The summed E-state index contributed by atoms with van der Waals surface area (Å²) in [6.07, 6.45) is 7.28. The van der Waals surface area contributed by atoms with Gasteiger partial charge in [0.05, 0.1) is 18.4 Å². The predicted octanol–water partition coefficient (Wildman–Crippen LogP) is 2.01. The van der Waals surface area contributed by atoms with Gasteiger partial charge < -0.3 is 5.32 Å². The van der Waals surface area contributed by atoms with E-state index in [1.54, 1.807) is 12.5 Å². The average Bonchev–Trinajstić information content (AvgIpc) is 2.97. The molecule has 3 aromatic rings. The first-order chi connectivity index (χ1) is 10.4. The molecule has 0 radical (unpaired) electrons. The van der Waals surface area contributed by atoms with Crippen LogP contribution in [0.2, 0.25) is 0 Å². The predicted molar refractivity (Wildman–Crippen MR) is 80.3 cm³/mol. The Morgan fingerprint density at radius 1 is 1.00 bits per heavy atom. The van der Waals surface area contributed by atoms with Gasteiger partial charge >= 0.3 is 0 Å². The van der Waals surface area contributed by atoms with E-state index in [0.717, 1.165) is 25.3 Å². The van der Waals surface area contributed by atoms with Gasteiger partial charge in [-0.2, -0.15) is 5.10 Å². The van der Waals surface area contributed by atoms with Crippen molar-refractivity contribution in [1.29, 1.82) is 0 Å². The molecule has 0 saturated heterocycles. The molecule has 0 fully saturated rings. The van der Waals surface area contributed by atoms with Gasteiger partial charge in [-0.3, -0.25) is 4.68 Å². The summed E-state index contributed by atoms with van der Waals surface area (Å²) in [5, 5.41) is 7.74. The number of rotatable bonds is 6. The van der Waals surface area contributed by atoms with Crippen molar-refractivity contribution in [2.75, 3.05) is 0 Å². The molecule has 106 valence electrons. The van der Waals surface area contributed by atoms with E-state index in [1.165, 1.54) is 11.1 Å². The molecule has 0 aliphatic rings. The fraction of sp³-hybridized carbons (Fsp3) is 0.188. The second kappa shape index (κ2) is 6.76. The van der Waals surface area contributed by atoms with Gasteiger partial charge in [0.1, 0.15) is 6.33 Å². The minimum Gasteiger partial charge on any atom is -0.307 e. The highest BCUT2D eigenvalue weighted by atomic mass is 15.3. The van der Waals surface area contributed by atoms with Gasteiger partial charge in [0, 0.05) is 31.0 Å². The first-order valence-electron chi connectivity index (χ1n) is 6.91. The van der Waals surface area contributed by atoms with Gasteiger partial charge in [-0.05, 0) is 11.6 Å². The number of nitrogens with one attached hydrogen (secondary N) is 1. The van der Waals surface area contributed by atoms with Crippen LogP contribution < -0.4 is 5.32 Å². The topological polar surface area (TPSA) is 55.6 Å². The van der Waals surface area contributed by atoms with Gasteiger partial charge in [0.25, 0.3) is 0 Å². The van der Waals surface area contributed by atoms with Crippen LogP contribution in [0.1, 0.15) is 16.8 Å². The normalized spacial score (nSPS) is 10.7. The lowest BCUT2D eigenvalue weighted by Gasteiger charge is -2.02. The largest absolute Gasteiger partial charge is 0.307 e. The first-order valence-corrected chi connectivity index (χ1v) is 6.91. The lowest BCUT2D eigenvalue weighted by Crippen LogP contribution is -2.13. The number of benzene rings is 1. The molecule has 2 aromatic heterocycles. The molecule has 5 nitrogen and oxygen atoms in total. The molecule has 0 unspecified atom stereocenters. The van der Waals surface area contributed by atoms with E-state index in [4.69, 9.17) is 0 Å². The van der Waals surface area contributed by atoms with Crippen LogP contribution in [0.3, 0.4) is 0 Å². The molecule has 0 atom stereocenters. The summed E-state index contributed by atoms with van der Waals surface area (Å²) in [6.45, 7) is 2.30. The van der Waals surface area contributed by atoms with Crippen LogP contribution in [0, 0.1) is 0 Å². The molecular formula is C16H17N5. The molecule has 3 rings (SSSR count). The van der Waals surface area contributed by atoms with Gasteiger partial charge in [-0.25, -0.2) is 9.97 Å². The van der Waals surface area contributed by atoms with Crippen LogP contribution in [0.15, 0.2) is 61.3 Å². The second-order valence-corrected chi connectivity index (χ2v) is 4.84. The van der Waals surface area contributed by atoms with Crippen LogP contribution in [0.4, 0.5) is 0 Å². The van der Waals surface area contributed by atoms with Crippen LogP contribution in [0.5, 0.6) is 0 Å². The van der Waals surface area contributed by atoms with Crippen molar-refractivity contribution in [3.8, 4) is 0 Å². The zero-order chi connectivity index (χ0) is 14.3. The van der Waals surface area contributed by atoms with Crippen molar-refractivity contribution in [3.05, 3.63) is 78.1 Å². The Labute approximate surface area is 123 Å². The highest BCUT2D eigenvalue weighted by Gasteiger charge is 2.00. The monoisotopic (exact) mass is 279 g/mol. The SMILES string of the molecule is c1ccc(Cn2cc(CNCc3ccncn3)cn2)cc1. The maximum atomic E-state index is 4.39. The van der Waals surface area contributed by atoms with E-state index in [0.29, 0.717) is 0 Å². The molecule has 0 aliphatic heterocycles. The summed E-state index contributed by atoms with van der Waals surface area (Å²) >= 11 is 0. The summed E-state index contributed by atoms with van der Waals surface area (Å²) in [5.74, 6) is 0. The summed E-state index contributed by atoms with van der Waals surface area (Å²) in [4.78, 5) is 8.08. The van der Waals surface area contributed by atoms with Crippen molar-refractivity contribution in [2.24, 2.45) is 0 Å². The summed E-state index contributed by atoms with van der Waals surface area (Å²) in [5.41, 5.74) is 3.41. The number of hydrogen-bond acceptors (Lipinski definition) is 4. The van der Waals surface area contributed by atoms with E-state index < -0.39 is 0 Å². The molecule has 5 heteroatoms. The zero-order valence-corrected chi connectivity index (χ0v) is 11.7. The van der Waals surface area contributed by atoms with Crippen LogP contribution in [0.25, 0.3) is 0 Å². The molecular weight excluding hydrogens is 262 g/mol. The van der Waals surface area contributed by atoms with Crippen molar-refractivity contribution >= 4 is 0 Å². The van der Waals surface area contributed by atoms with E-state index in [-0.39, 0.29) is 0 Å².